The lowest BCUT2D eigenvalue weighted by Gasteiger charge is -2.11. The van der Waals surface area contributed by atoms with Gasteiger partial charge in [0.15, 0.2) is 0 Å². The molecule has 2 N–H and O–H groups in total. The summed E-state index contributed by atoms with van der Waals surface area (Å²) in [6.45, 7) is 2.89. The predicted molar refractivity (Wildman–Crippen MR) is 70.0 cm³/mol. The van der Waals surface area contributed by atoms with Crippen molar-refractivity contribution in [3.8, 4) is 0 Å². The van der Waals surface area contributed by atoms with E-state index >= 15 is 0 Å². The van der Waals surface area contributed by atoms with Gasteiger partial charge < -0.3 is 5.73 Å². The van der Waals surface area contributed by atoms with E-state index < -0.39 is 11.9 Å². The zero-order valence-corrected chi connectivity index (χ0v) is 10.9. The van der Waals surface area contributed by atoms with E-state index in [1.165, 1.54) is 6.07 Å². The Balaban J connectivity index is 2.29. The third-order valence-corrected chi connectivity index (χ3v) is 3.07. The number of hydrogen-bond acceptors (Lipinski definition) is 2. The van der Waals surface area contributed by atoms with E-state index in [1.807, 2.05) is 6.20 Å². The summed E-state index contributed by atoms with van der Waals surface area (Å²) < 4.78 is 15.7. The first kappa shape index (κ1) is 13.1. The van der Waals surface area contributed by atoms with Gasteiger partial charge in [-0.25, -0.2) is 4.39 Å². The Kier molecular flexibility index (Phi) is 3.99. The zero-order chi connectivity index (χ0) is 13.1. The highest BCUT2D eigenvalue weighted by Crippen LogP contribution is 2.26. The van der Waals surface area contributed by atoms with Gasteiger partial charge in [-0.05, 0) is 12.5 Å². The summed E-state index contributed by atoms with van der Waals surface area (Å²) in [6, 6.07) is 4.29. The number of nitrogens with zero attached hydrogens (tertiary/aromatic N) is 2. The highest BCUT2D eigenvalue weighted by atomic mass is 35.5. The van der Waals surface area contributed by atoms with Gasteiger partial charge in [-0.1, -0.05) is 30.7 Å². The van der Waals surface area contributed by atoms with Gasteiger partial charge in [0.1, 0.15) is 5.82 Å². The zero-order valence-electron chi connectivity index (χ0n) is 10.1. The van der Waals surface area contributed by atoms with Crippen molar-refractivity contribution in [3.05, 3.63) is 52.6 Å². The quantitative estimate of drug-likeness (QED) is 0.925. The van der Waals surface area contributed by atoms with Gasteiger partial charge in [0.2, 0.25) is 0 Å². The monoisotopic (exact) mass is 267 g/mol. The van der Waals surface area contributed by atoms with Gasteiger partial charge in [0.25, 0.3) is 0 Å². The number of hydrogen-bond donors (Lipinski definition) is 1. The molecule has 0 spiro atoms. The van der Waals surface area contributed by atoms with Crippen molar-refractivity contribution in [2.75, 3.05) is 0 Å². The smallest absolute Gasteiger partial charge is 0.146 e. The minimum Gasteiger partial charge on any atom is -0.320 e. The topological polar surface area (TPSA) is 43.8 Å². The summed E-state index contributed by atoms with van der Waals surface area (Å²) in [7, 11) is 0. The van der Waals surface area contributed by atoms with Gasteiger partial charge in [0, 0.05) is 23.9 Å². The van der Waals surface area contributed by atoms with Crippen molar-refractivity contribution in [2.45, 2.75) is 25.9 Å². The summed E-state index contributed by atoms with van der Waals surface area (Å²) in [5, 5.41) is 4.27. The molecule has 1 unspecified atom stereocenters. The van der Waals surface area contributed by atoms with Crippen molar-refractivity contribution in [1.29, 1.82) is 0 Å². The van der Waals surface area contributed by atoms with Crippen molar-refractivity contribution in [2.24, 2.45) is 5.73 Å². The molecule has 0 aliphatic carbocycles. The highest BCUT2D eigenvalue weighted by Gasteiger charge is 2.16. The first-order chi connectivity index (χ1) is 8.63. The SMILES string of the molecule is CCCn1cc(C(N)c2cccc(Cl)c2F)cn1. The van der Waals surface area contributed by atoms with Crippen molar-refractivity contribution >= 4 is 11.6 Å². The van der Waals surface area contributed by atoms with Gasteiger partial charge in [-0.2, -0.15) is 5.10 Å². The Hall–Kier alpha value is -1.39. The van der Waals surface area contributed by atoms with Crippen LogP contribution in [0.15, 0.2) is 30.6 Å². The van der Waals surface area contributed by atoms with Crippen LogP contribution in [-0.4, -0.2) is 9.78 Å². The maximum absolute atomic E-state index is 13.9. The molecule has 0 amide bonds. The second-order valence-electron chi connectivity index (χ2n) is 4.16. The number of benzene rings is 1. The van der Waals surface area contributed by atoms with Crippen LogP contribution in [0.5, 0.6) is 0 Å². The fourth-order valence-electron chi connectivity index (χ4n) is 1.83. The van der Waals surface area contributed by atoms with Crippen molar-refractivity contribution < 1.29 is 4.39 Å². The van der Waals surface area contributed by atoms with E-state index in [9.17, 15) is 4.39 Å². The molecule has 3 nitrogen and oxygen atoms in total. The third kappa shape index (κ3) is 2.54. The van der Waals surface area contributed by atoms with Gasteiger partial charge in [-0.15, -0.1) is 0 Å². The highest BCUT2D eigenvalue weighted by molar-refractivity contribution is 6.30. The molecule has 0 aliphatic heterocycles. The van der Waals surface area contributed by atoms with E-state index in [2.05, 4.69) is 12.0 Å². The van der Waals surface area contributed by atoms with Crippen LogP contribution in [0.3, 0.4) is 0 Å². The van der Waals surface area contributed by atoms with Crippen LogP contribution in [-0.2, 0) is 6.54 Å². The molecular weight excluding hydrogens is 253 g/mol. The lowest BCUT2D eigenvalue weighted by atomic mass is 10.0. The molecule has 1 aromatic carbocycles. The molecule has 96 valence electrons. The molecule has 5 heteroatoms. The van der Waals surface area contributed by atoms with Crippen LogP contribution < -0.4 is 5.73 Å². The molecule has 0 saturated carbocycles. The minimum absolute atomic E-state index is 0.0869. The van der Waals surface area contributed by atoms with E-state index in [-0.39, 0.29) is 5.02 Å². The molecule has 0 bridgehead atoms. The molecule has 1 atom stereocenters. The number of nitrogens with two attached hydrogens (primary N) is 1. The Morgan fingerprint density at radius 1 is 1.50 bits per heavy atom. The first-order valence-corrected chi connectivity index (χ1v) is 6.23. The van der Waals surface area contributed by atoms with Crippen molar-refractivity contribution in [3.63, 3.8) is 0 Å². The fourth-order valence-corrected chi connectivity index (χ4v) is 2.01. The van der Waals surface area contributed by atoms with Gasteiger partial charge >= 0.3 is 0 Å². The summed E-state index contributed by atoms with van der Waals surface area (Å²) in [5.74, 6) is -0.463. The molecule has 0 radical (unpaired) electrons. The molecule has 0 aliphatic rings. The molecule has 18 heavy (non-hydrogen) atoms. The molecule has 0 saturated heterocycles. The minimum atomic E-state index is -0.547. The fraction of sp³-hybridized carbons (Fsp3) is 0.308. The lowest BCUT2D eigenvalue weighted by Crippen LogP contribution is -2.13. The summed E-state index contributed by atoms with van der Waals surface area (Å²) in [6.07, 6.45) is 4.50. The number of aryl methyl sites for hydroxylation is 1. The van der Waals surface area contributed by atoms with Crippen LogP contribution in [0.2, 0.25) is 5.02 Å². The average Bonchev–Trinajstić information content (AvgIpc) is 2.81. The standard InChI is InChI=1S/C13H15ClFN3/c1-2-6-18-8-9(7-17-18)13(16)10-4-3-5-11(14)12(10)15/h3-5,7-8,13H,2,6,16H2,1H3. The van der Waals surface area contributed by atoms with E-state index in [1.54, 1.807) is 23.0 Å². The summed E-state index contributed by atoms with van der Waals surface area (Å²) in [4.78, 5) is 0. The van der Waals surface area contributed by atoms with E-state index in [0.29, 0.717) is 5.56 Å². The lowest BCUT2D eigenvalue weighted by molar-refractivity contribution is 0.595. The Labute approximate surface area is 110 Å². The number of aromatic nitrogens is 2. The third-order valence-electron chi connectivity index (χ3n) is 2.78. The average molecular weight is 268 g/mol. The van der Waals surface area contributed by atoms with Crippen LogP contribution >= 0.6 is 11.6 Å². The summed E-state index contributed by atoms with van der Waals surface area (Å²) >= 11 is 5.75. The molecule has 1 heterocycles. The van der Waals surface area contributed by atoms with Crippen LogP contribution in [0.25, 0.3) is 0 Å². The van der Waals surface area contributed by atoms with Gasteiger partial charge in [-0.3, -0.25) is 4.68 Å². The number of halogens is 2. The number of rotatable bonds is 4. The predicted octanol–water partition coefficient (Wildman–Crippen LogP) is 3.13. The Bertz CT molecular complexity index is 539. The van der Waals surface area contributed by atoms with E-state index in [4.69, 9.17) is 17.3 Å². The van der Waals surface area contributed by atoms with Crippen molar-refractivity contribution in [1.82, 2.24) is 9.78 Å². The molecule has 1 aromatic heterocycles. The summed E-state index contributed by atoms with van der Waals surface area (Å²) in [5.41, 5.74) is 7.21. The van der Waals surface area contributed by atoms with Crippen LogP contribution in [0, 0.1) is 5.82 Å². The van der Waals surface area contributed by atoms with E-state index in [0.717, 1.165) is 18.5 Å². The largest absolute Gasteiger partial charge is 0.320 e. The Morgan fingerprint density at radius 3 is 3.00 bits per heavy atom. The molecule has 2 aromatic rings. The second-order valence-corrected chi connectivity index (χ2v) is 4.56. The first-order valence-electron chi connectivity index (χ1n) is 5.85. The second kappa shape index (κ2) is 5.50. The molecule has 2 rings (SSSR count). The van der Waals surface area contributed by atoms with Crippen LogP contribution in [0.4, 0.5) is 4.39 Å². The normalized spacial score (nSPS) is 12.7. The van der Waals surface area contributed by atoms with Crippen LogP contribution in [0.1, 0.15) is 30.5 Å². The maximum atomic E-state index is 13.9. The Morgan fingerprint density at radius 2 is 2.28 bits per heavy atom. The molecular formula is C13H15ClFN3. The van der Waals surface area contributed by atoms with Gasteiger partial charge in [0.05, 0.1) is 17.3 Å². The maximum Gasteiger partial charge on any atom is 0.146 e. The molecule has 0 fully saturated rings.